The lowest BCUT2D eigenvalue weighted by atomic mass is 9.95. The molecule has 2 aromatic carbocycles. The highest BCUT2D eigenvalue weighted by Crippen LogP contribution is 2.20. The van der Waals surface area contributed by atoms with Crippen molar-refractivity contribution in [2.24, 2.45) is 0 Å². The Morgan fingerprint density at radius 2 is 1.70 bits per heavy atom. The summed E-state index contributed by atoms with van der Waals surface area (Å²) in [5, 5.41) is 0. The lowest BCUT2D eigenvalue weighted by Crippen LogP contribution is -2.01. The normalized spacial score (nSPS) is 12.5. The van der Waals surface area contributed by atoms with Crippen LogP contribution in [0.25, 0.3) is 6.08 Å². The minimum Gasteiger partial charge on any atom is -0.295 e. The van der Waals surface area contributed by atoms with Crippen LogP contribution in [0.3, 0.4) is 0 Å². The van der Waals surface area contributed by atoms with Crippen LogP contribution in [0.4, 0.5) is 0 Å². The van der Waals surface area contributed by atoms with Gasteiger partial charge in [0.05, 0.1) is 0 Å². The first-order valence-corrected chi connectivity index (χ1v) is 6.97. The third-order valence-corrected chi connectivity index (χ3v) is 3.42. The zero-order chi connectivity index (χ0) is 14.4. The van der Waals surface area contributed by atoms with Gasteiger partial charge in [-0.3, -0.25) is 4.79 Å². The second kappa shape index (κ2) is 6.85. The fourth-order valence-electron chi connectivity index (χ4n) is 2.14. The highest BCUT2D eigenvalue weighted by molar-refractivity contribution is 5.94. The monoisotopic (exact) mass is 264 g/mol. The van der Waals surface area contributed by atoms with Crippen molar-refractivity contribution >= 4 is 11.9 Å². The Labute approximate surface area is 121 Å². The minimum atomic E-state index is 0.168. The SMILES string of the molecule is Cc1ccc([C@@H](C)CC(=O)C=Cc2ccccc2)cc1. The predicted molar refractivity (Wildman–Crippen MR) is 84.7 cm³/mol. The predicted octanol–water partition coefficient (Wildman–Crippen LogP) is 4.77. The number of hydrogen-bond donors (Lipinski definition) is 0. The van der Waals surface area contributed by atoms with E-state index < -0.39 is 0 Å². The average Bonchev–Trinajstić information content (AvgIpc) is 2.47. The molecule has 0 fully saturated rings. The van der Waals surface area contributed by atoms with Gasteiger partial charge in [0.1, 0.15) is 0 Å². The van der Waals surface area contributed by atoms with Crippen LogP contribution in [0.15, 0.2) is 60.7 Å². The van der Waals surface area contributed by atoms with E-state index in [1.807, 2.05) is 36.4 Å². The van der Waals surface area contributed by atoms with E-state index >= 15 is 0 Å². The minimum absolute atomic E-state index is 0.168. The van der Waals surface area contributed by atoms with Crippen LogP contribution in [0, 0.1) is 6.92 Å². The maximum Gasteiger partial charge on any atom is 0.156 e. The summed E-state index contributed by atoms with van der Waals surface area (Å²) in [5.41, 5.74) is 3.53. The molecule has 1 nitrogen and oxygen atoms in total. The van der Waals surface area contributed by atoms with Gasteiger partial charge in [-0.2, -0.15) is 0 Å². The van der Waals surface area contributed by atoms with Crippen LogP contribution in [-0.2, 0) is 4.79 Å². The van der Waals surface area contributed by atoms with Crippen molar-refractivity contribution in [1.29, 1.82) is 0 Å². The van der Waals surface area contributed by atoms with Gasteiger partial charge < -0.3 is 0 Å². The van der Waals surface area contributed by atoms with E-state index in [4.69, 9.17) is 0 Å². The number of ketones is 1. The summed E-state index contributed by atoms with van der Waals surface area (Å²) in [6.45, 7) is 4.17. The van der Waals surface area contributed by atoms with Crippen LogP contribution >= 0.6 is 0 Å². The second-order valence-electron chi connectivity index (χ2n) is 5.23. The largest absolute Gasteiger partial charge is 0.295 e. The van der Waals surface area contributed by atoms with Gasteiger partial charge in [0.2, 0.25) is 0 Å². The Morgan fingerprint density at radius 3 is 2.35 bits per heavy atom. The first-order chi connectivity index (χ1) is 9.65. The Bertz CT molecular complexity index is 579. The molecular formula is C19H20O. The van der Waals surface area contributed by atoms with Gasteiger partial charge >= 0.3 is 0 Å². The molecule has 0 N–H and O–H groups in total. The number of hydrogen-bond acceptors (Lipinski definition) is 1. The zero-order valence-electron chi connectivity index (χ0n) is 12.0. The second-order valence-corrected chi connectivity index (χ2v) is 5.23. The van der Waals surface area contributed by atoms with Crippen molar-refractivity contribution in [3.63, 3.8) is 0 Å². The van der Waals surface area contributed by atoms with E-state index in [2.05, 4.69) is 38.1 Å². The first-order valence-electron chi connectivity index (χ1n) is 6.97. The summed E-state index contributed by atoms with van der Waals surface area (Å²) in [6.07, 6.45) is 4.11. The van der Waals surface area contributed by atoms with Crippen molar-refractivity contribution in [3.05, 3.63) is 77.4 Å². The third-order valence-electron chi connectivity index (χ3n) is 3.42. The molecule has 2 rings (SSSR count). The summed E-state index contributed by atoms with van der Waals surface area (Å²) in [5.74, 6) is 0.422. The number of rotatable bonds is 5. The maximum atomic E-state index is 12.0. The van der Waals surface area contributed by atoms with Gasteiger partial charge in [0.25, 0.3) is 0 Å². The van der Waals surface area contributed by atoms with Crippen molar-refractivity contribution in [2.75, 3.05) is 0 Å². The molecule has 1 atom stereocenters. The molecule has 0 bridgehead atoms. The third kappa shape index (κ3) is 4.20. The number of carbonyl (C=O) groups is 1. The molecule has 0 aromatic heterocycles. The van der Waals surface area contributed by atoms with Crippen LogP contribution in [0.5, 0.6) is 0 Å². The molecule has 0 amide bonds. The molecule has 20 heavy (non-hydrogen) atoms. The molecule has 0 unspecified atom stereocenters. The Kier molecular flexibility index (Phi) is 4.89. The summed E-state index contributed by atoms with van der Waals surface area (Å²) in [4.78, 5) is 12.0. The molecule has 0 heterocycles. The molecule has 1 heteroatoms. The molecule has 0 saturated heterocycles. The van der Waals surface area contributed by atoms with E-state index in [0.717, 1.165) is 5.56 Å². The molecule has 0 aliphatic rings. The fourth-order valence-corrected chi connectivity index (χ4v) is 2.14. The van der Waals surface area contributed by atoms with Crippen LogP contribution in [-0.4, -0.2) is 5.78 Å². The van der Waals surface area contributed by atoms with E-state index in [1.54, 1.807) is 6.08 Å². The Balaban J connectivity index is 1.94. The van der Waals surface area contributed by atoms with Gasteiger partial charge in [-0.15, -0.1) is 0 Å². The topological polar surface area (TPSA) is 17.1 Å². The fraction of sp³-hybridized carbons (Fsp3) is 0.211. The van der Waals surface area contributed by atoms with E-state index in [9.17, 15) is 4.79 Å². The van der Waals surface area contributed by atoms with Gasteiger partial charge in [-0.1, -0.05) is 73.2 Å². The smallest absolute Gasteiger partial charge is 0.156 e. The molecule has 0 aliphatic carbocycles. The molecule has 102 valence electrons. The van der Waals surface area contributed by atoms with Gasteiger partial charge in [0, 0.05) is 6.42 Å². The molecule has 0 aliphatic heterocycles. The number of benzene rings is 2. The van der Waals surface area contributed by atoms with Gasteiger partial charge in [0.15, 0.2) is 5.78 Å². The number of carbonyl (C=O) groups excluding carboxylic acids is 1. The molecular weight excluding hydrogens is 244 g/mol. The summed E-state index contributed by atoms with van der Waals surface area (Å²) >= 11 is 0. The van der Waals surface area contributed by atoms with Gasteiger partial charge in [-0.25, -0.2) is 0 Å². The van der Waals surface area contributed by atoms with Crippen LogP contribution in [0.2, 0.25) is 0 Å². The lowest BCUT2D eigenvalue weighted by molar-refractivity contribution is -0.114. The average molecular weight is 264 g/mol. The summed E-state index contributed by atoms with van der Waals surface area (Å²) in [7, 11) is 0. The lowest BCUT2D eigenvalue weighted by Gasteiger charge is -2.09. The van der Waals surface area contributed by atoms with Crippen molar-refractivity contribution in [2.45, 2.75) is 26.2 Å². The van der Waals surface area contributed by atoms with Crippen molar-refractivity contribution in [1.82, 2.24) is 0 Å². The van der Waals surface area contributed by atoms with E-state index in [-0.39, 0.29) is 11.7 Å². The standard InChI is InChI=1S/C19H20O/c1-15-8-11-18(12-9-15)16(2)14-19(20)13-10-17-6-4-3-5-7-17/h3-13,16H,14H2,1-2H3/t16-/m0/s1. The number of aryl methyl sites for hydroxylation is 1. The highest BCUT2D eigenvalue weighted by Gasteiger charge is 2.08. The van der Waals surface area contributed by atoms with Gasteiger partial charge in [-0.05, 0) is 30.0 Å². The Morgan fingerprint density at radius 1 is 1.05 bits per heavy atom. The van der Waals surface area contributed by atoms with Crippen LogP contribution in [0.1, 0.15) is 36.0 Å². The zero-order valence-corrected chi connectivity index (χ0v) is 12.0. The Hall–Kier alpha value is -2.15. The highest BCUT2D eigenvalue weighted by atomic mass is 16.1. The number of allylic oxidation sites excluding steroid dienone is 1. The maximum absolute atomic E-state index is 12.0. The molecule has 2 aromatic rings. The van der Waals surface area contributed by atoms with Crippen LogP contribution < -0.4 is 0 Å². The molecule has 0 spiro atoms. The van der Waals surface area contributed by atoms with E-state index in [0.29, 0.717) is 6.42 Å². The molecule has 0 radical (unpaired) electrons. The van der Waals surface area contributed by atoms with E-state index in [1.165, 1.54) is 11.1 Å². The van der Waals surface area contributed by atoms with Crippen molar-refractivity contribution in [3.8, 4) is 0 Å². The molecule has 0 saturated carbocycles. The quantitative estimate of drug-likeness (QED) is 0.711. The first kappa shape index (κ1) is 14.3. The van der Waals surface area contributed by atoms with Crippen molar-refractivity contribution < 1.29 is 4.79 Å². The summed E-state index contributed by atoms with van der Waals surface area (Å²) < 4.78 is 0. The summed E-state index contributed by atoms with van der Waals surface area (Å²) in [6, 6.07) is 18.3.